The normalized spacial score (nSPS) is 10.3. The number of hydrogen-bond acceptors (Lipinski definition) is 2. The van der Waals surface area contributed by atoms with Crippen molar-refractivity contribution in [2.45, 2.75) is 31.7 Å². The molecule has 2 rings (SSSR count). The van der Waals surface area contributed by atoms with Crippen LogP contribution in [0.25, 0.3) is 0 Å². The monoisotopic (exact) mass is 285 g/mol. The lowest BCUT2D eigenvalue weighted by Gasteiger charge is -2.11. The highest BCUT2D eigenvalue weighted by Crippen LogP contribution is 2.15. The third-order valence-corrected chi connectivity index (χ3v) is 3.68. The molecule has 0 saturated carbocycles. The number of carbonyl (C=O) groups excluding carboxylic acids is 1. The van der Waals surface area contributed by atoms with Crippen LogP contribution < -0.4 is 5.32 Å². The highest BCUT2D eigenvalue weighted by molar-refractivity contribution is 7.80. The Kier molecular flexibility index (Phi) is 4.85. The topological polar surface area (TPSA) is 29.1 Å². The number of aryl methyl sites for hydroxylation is 2. The van der Waals surface area contributed by atoms with Crippen LogP contribution in [0.15, 0.2) is 47.4 Å². The summed E-state index contributed by atoms with van der Waals surface area (Å²) in [7, 11) is 0. The number of thiol groups is 1. The van der Waals surface area contributed by atoms with Crippen LogP contribution in [-0.4, -0.2) is 5.91 Å². The SMILES string of the molecule is CCc1ccccc1CNC(=O)c1cc(S)ccc1C. The number of benzene rings is 2. The summed E-state index contributed by atoms with van der Waals surface area (Å²) < 4.78 is 0. The summed E-state index contributed by atoms with van der Waals surface area (Å²) in [6, 6.07) is 13.8. The van der Waals surface area contributed by atoms with Crippen molar-refractivity contribution in [3.63, 3.8) is 0 Å². The zero-order chi connectivity index (χ0) is 14.5. The summed E-state index contributed by atoms with van der Waals surface area (Å²) in [4.78, 5) is 13.0. The molecule has 20 heavy (non-hydrogen) atoms. The van der Waals surface area contributed by atoms with Gasteiger partial charge in [-0.15, -0.1) is 12.6 Å². The van der Waals surface area contributed by atoms with Crippen molar-refractivity contribution in [2.24, 2.45) is 0 Å². The molecular formula is C17H19NOS. The van der Waals surface area contributed by atoms with Gasteiger partial charge < -0.3 is 5.32 Å². The highest BCUT2D eigenvalue weighted by atomic mass is 32.1. The van der Waals surface area contributed by atoms with E-state index in [4.69, 9.17) is 0 Å². The molecule has 2 aromatic carbocycles. The summed E-state index contributed by atoms with van der Waals surface area (Å²) in [5, 5.41) is 2.99. The van der Waals surface area contributed by atoms with Gasteiger partial charge in [0.15, 0.2) is 0 Å². The lowest BCUT2D eigenvalue weighted by molar-refractivity contribution is 0.0950. The molecule has 1 amide bonds. The van der Waals surface area contributed by atoms with Crippen LogP contribution in [0.4, 0.5) is 0 Å². The van der Waals surface area contributed by atoms with Gasteiger partial charge >= 0.3 is 0 Å². The van der Waals surface area contributed by atoms with E-state index < -0.39 is 0 Å². The van der Waals surface area contributed by atoms with E-state index in [1.807, 2.05) is 31.2 Å². The first-order valence-electron chi connectivity index (χ1n) is 6.76. The molecule has 1 N–H and O–H groups in total. The second-order valence-corrected chi connectivity index (χ2v) is 5.32. The molecule has 3 heteroatoms. The molecule has 0 aliphatic carbocycles. The predicted octanol–water partition coefficient (Wildman–Crippen LogP) is 3.78. The van der Waals surface area contributed by atoms with E-state index in [0.717, 1.165) is 16.9 Å². The van der Waals surface area contributed by atoms with Gasteiger partial charge in [0, 0.05) is 17.0 Å². The van der Waals surface area contributed by atoms with Crippen molar-refractivity contribution in [3.05, 3.63) is 64.7 Å². The van der Waals surface area contributed by atoms with Crippen molar-refractivity contribution in [2.75, 3.05) is 0 Å². The van der Waals surface area contributed by atoms with Crippen LogP contribution in [0, 0.1) is 6.92 Å². The molecule has 0 radical (unpaired) electrons. The standard InChI is InChI=1S/C17H19NOS/c1-3-13-6-4-5-7-14(13)11-18-17(19)16-10-15(20)9-8-12(16)2/h4-10,20H,3,11H2,1-2H3,(H,18,19). The summed E-state index contributed by atoms with van der Waals surface area (Å²) in [6.45, 7) is 4.61. The van der Waals surface area contributed by atoms with Crippen LogP contribution >= 0.6 is 12.6 Å². The van der Waals surface area contributed by atoms with Crippen molar-refractivity contribution < 1.29 is 4.79 Å². The maximum absolute atomic E-state index is 12.2. The number of amides is 1. The maximum Gasteiger partial charge on any atom is 0.251 e. The van der Waals surface area contributed by atoms with E-state index in [2.05, 4.69) is 37.0 Å². The van der Waals surface area contributed by atoms with Crippen molar-refractivity contribution >= 4 is 18.5 Å². The Balaban J connectivity index is 2.11. The minimum Gasteiger partial charge on any atom is -0.348 e. The molecule has 0 aliphatic rings. The molecule has 104 valence electrons. The number of carbonyl (C=O) groups is 1. The molecule has 0 saturated heterocycles. The first kappa shape index (κ1) is 14.7. The van der Waals surface area contributed by atoms with Crippen molar-refractivity contribution in [3.8, 4) is 0 Å². The molecule has 0 unspecified atom stereocenters. The van der Waals surface area contributed by atoms with E-state index >= 15 is 0 Å². The van der Waals surface area contributed by atoms with E-state index in [9.17, 15) is 4.79 Å². The van der Waals surface area contributed by atoms with Gasteiger partial charge in [-0.2, -0.15) is 0 Å². The molecule has 0 aliphatic heterocycles. The van der Waals surface area contributed by atoms with E-state index in [1.54, 1.807) is 6.07 Å². The Morgan fingerprint density at radius 1 is 1.15 bits per heavy atom. The fourth-order valence-corrected chi connectivity index (χ4v) is 2.40. The van der Waals surface area contributed by atoms with E-state index in [1.165, 1.54) is 11.1 Å². The minimum absolute atomic E-state index is 0.0516. The van der Waals surface area contributed by atoms with Gasteiger partial charge in [0.25, 0.3) is 5.91 Å². The quantitative estimate of drug-likeness (QED) is 0.823. The summed E-state index contributed by atoms with van der Waals surface area (Å²) in [5.41, 5.74) is 4.09. The van der Waals surface area contributed by atoms with Crippen LogP contribution in [0.1, 0.15) is 34.0 Å². The van der Waals surface area contributed by atoms with E-state index in [-0.39, 0.29) is 5.91 Å². The zero-order valence-corrected chi connectivity index (χ0v) is 12.7. The second kappa shape index (κ2) is 6.62. The van der Waals surface area contributed by atoms with Gasteiger partial charge in [0.2, 0.25) is 0 Å². The summed E-state index contributed by atoms with van der Waals surface area (Å²) in [6.07, 6.45) is 0.969. The third-order valence-electron chi connectivity index (χ3n) is 3.40. The van der Waals surface area contributed by atoms with Crippen LogP contribution in [0.2, 0.25) is 0 Å². The summed E-state index contributed by atoms with van der Waals surface area (Å²) in [5.74, 6) is -0.0516. The molecule has 2 aromatic rings. The lowest BCUT2D eigenvalue weighted by Crippen LogP contribution is -2.24. The first-order valence-corrected chi connectivity index (χ1v) is 7.21. The smallest absolute Gasteiger partial charge is 0.251 e. The Morgan fingerprint density at radius 2 is 1.85 bits per heavy atom. The largest absolute Gasteiger partial charge is 0.348 e. The second-order valence-electron chi connectivity index (χ2n) is 4.80. The Labute approximate surface area is 125 Å². The summed E-state index contributed by atoms with van der Waals surface area (Å²) >= 11 is 4.29. The number of nitrogens with one attached hydrogen (secondary N) is 1. The number of hydrogen-bond donors (Lipinski definition) is 2. The zero-order valence-electron chi connectivity index (χ0n) is 11.8. The van der Waals surface area contributed by atoms with Gasteiger partial charge in [-0.1, -0.05) is 37.3 Å². The lowest BCUT2D eigenvalue weighted by atomic mass is 10.0. The number of rotatable bonds is 4. The van der Waals surface area contributed by atoms with Crippen LogP contribution in [0.5, 0.6) is 0 Å². The van der Waals surface area contributed by atoms with Gasteiger partial charge in [-0.25, -0.2) is 0 Å². The maximum atomic E-state index is 12.2. The van der Waals surface area contributed by atoms with Gasteiger partial charge in [-0.05, 0) is 42.2 Å². The Morgan fingerprint density at radius 3 is 2.55 bits per heavy atom. The third kappa shape index (κ3) is 3.42. The molecule has 0 atom stereocenters. The molecule has 0 bridgehead atoms. The molecule has 0 fully saturated rings. The Hall–Kier alpha value is -1.74. The Bertz CT molecular complexity index is 622. The van der Waals surface area contributed by atoms with Crippen molar-refractivity contribution in [1.82, 2.24) is 5.32 Å². The molecule has 0 aromatic heterocycles. The first-order chi connectivity index (χ1) is 9.61. The molecule has 0 heterocycles. The molecule has 0 spiro atoms. The van der Waals surface area contributed by atoms with Crippen LogP contribution in [0.3, 0.4) is 0 Å². The fraction of sp³-hybridized carbons (Fsp3) is 0.235. The molecule has 2 nitrogen and oxygen atoms in total. The van der Waals surface area contributed by atoms with Gasteiger partial charge in [0.05, 0.1) is 0 Å². The van der Waals surface area contributed by atoms with E-state index in [0.29, 0.717) is 12.1 Å². The highest BCUT2D eigenvalue weighted by Gasteiger charge is 2.09. The average Bonchev–Trinajstić information content (AvgIpc) is 2.47. The fourth-order valence-electron chi connectivity index (χ4n) is 2.20. The predicted molar refractivity (Wildman–Crippen MR) is 85.4 cm³/mol. The van der Waals surface area contributed by atoms with Gasteiger partial charge in [0.1, 0.15) is 0 Å². The minimum atomic E-state index is -0.0516. The molecular weight excluding hydrogens is 266 g/mol. The van der Waals surface area contributed by atoms with Gasteiger partial charge in [-0.3, -0.25) is 4.79 Å². The average molecular weight is 285 g/mol. The van der Waals surface area contributed by atoms with Crippen LogP contribution in [-0.2, 0) is 13.0 Å². The van der Waals surface area contributed by atoms with Crippen molar-refractivity contribution in [1.29, 1.82) is 0 Å².